The van der Waals surface area contributed by atoms with Crippen molar-refractivity contribution in [3.63, 3.8) is 0 Å². The molecule has 11 nitrogen and oxygen atoms in total. The zero-order chi connectivity index (χ0) is 41.3. The first kappa shape index (κ1) is 45.1. The lowest BCUT2D eigenvalue weighted by Crippen LogP contribution is -2.62. The third-order valence-corrected chi connectivity index (χ3v) is 16.4. The third-order valence-electron chi connectivity index (χ3n) is 16.4. The van der Waals surface area contributed by atoms with Crippen molar-refractivity contribution in [3.05, 3.63) is 0 Å². The van der Waals surface area contributed by atoms with Crippen LogP contribution >= 0.6 is 0 Å². The highest BCUT2D eigenvalue weighted by Crippen LogP contribution is 2.61. The largest absolute Gasteiger partial charge is 0.394 e. The molecule has 1 aliphatic heterocycles. The molecule has 1 saturated heterocycles. The van der Waals surface area contributed by atoms with E-state index in [4.69, 9.17) is 9.57 Å². The van der Waals surface area contributed by atoms with E-state index in [1.54, 1.807) is 19.1 Å². The Morgan fingerprint density at radius 2 is 1.72 bits per heavy atom. The van der Waals surface area contributed by atoms with Gasteiger partial charge in [-0.05, 0) is 127 Å². The van der Waals surface area contributed by atoms with E-state index in [-0.39, 0.29) is 84.7 Å². The molecule has 2 bridgehead atoms. The number of hydroxylamine groups is 2. The van der Waals surface area contributed by atoms with E-state index in [1.807, 2.05) is 0 Å². The molecule has 6 aliphatic carbocycles. The Morgan fingerprint density at radius 1 is 1.00 bits per heavy atom. The number of methoxy groups -OCH3 is 1. The number of hydrogen-bond acceptors (Lipinski definition) is 9. The minimum absolute atomic E-state index is 0.0338. The molecule has 16 atom stereocenters. The Balaban J connectivity index is 1.18. The molecule has 328 valence electrons. The van der Waals surface area contributed by atoms with Crippen LogP contribution in [0.4, 0.5) is 4.39 Å². The summed E-state index contributed by atoms with van der Waals surface area (Å²) in [5.41, 5.74) is 0.278. The minimum Gasteiger partial charge on any atom is -0.394 e. The van der Waals surface area contributed by atoms with E-state index in [0.717, 1.165) is 32.2 Å². The lowest BCUT2D eigenvalue weighted by atomic mass is 9.45. The summed E-state index contributed by atoms with van der Waals surface area (Å²) in [6.45, 7) is 9.30. The van der Waals surface area contributed by atoms with Crippen LogP contribution < -0.4 is 10.6 Å². The van der Waals surface area contributed by atoms with Gasteiger partial charge in [-0.15, -0.1) is 0 Å². The number of aliphatic hydroxyl groups excluding tert-OH is 2. The zero-order valence-corrected chi connectivity index (χ0v) is 36.9. The first-order valence-electron chi connectivity index (χ1n) is 22.8. The summed E-state index contributed by atoms with van der Waals surface area (Å²) in [4.78, 5) is 39.4. The topological polar surface area (TPSA) is 127 Å². The number of nitrogens with zero attached hydrogens (tertiary/aromatic N) is 3. The van der Waals surface area contributed by atoms with Gasteiger partial charge >= 0.3 is 0 Å². The first-order chi connectivity index (χ1) is 27.0. The normalized spacial score (nSPS) is 41.1. The minimum atomic E-state index is -1.06. The van der Waals surface area contributed by atoms with Crippen LogP contribution in [-0.2, 0) is 19.2 Å². The summed E-state index contributed by atoms with van der Waals surface area (Å²) in [6.07, 6.45) is 9.45. The maximum absolute atomic E-state index is 16.1. The summed E-state index contributed by atoms with van der Waals surface area (Å²) in [7, 11) is 10.0. The molecule has 1 heterocycles. The fourth-order valence-corrected chi connectivity index (χ4v) is 13.2. The molecule has 7 unspecified atom stereocenters. The summed E-state index contributed by atoms with van der Waals surface area (Å²) >= 11 is 0. The number of fused-ring (bicyclic) bond motifs is 2. The molecule has 7 rings (SSSR count). The highest BCUT2D eigenvalue weighted by molar-refractivity contribution is 5.83. The van der Waals surface area contributed by atoms with Crippen molar-refractivity contribution >= 4 is 11.8 Å². The van der Waals surface area contributed by atoms with Gasteiger partial charge in [0.1, 0.15) is 18.3 Å². The van der Waals surface area contributed by atoms with Crippen LogP contribution in [-0.4, -0.2) is 141 Å². The van der Waals surface area contributed by atoms with Crippen LogP contribution in [0.5, 0.6) is 0 Å². The molecular formula is C45H80FN5O6. The van der Waals surface area contributed by atoms with E-state index < -0.39 is 30.3 Å². The van der Waals surface area contributed by atoms with E-state index in [1.165, 1.54) is 38.5 Å². The number of carbonyl (C=O) groups is 2. The number of nitrogens with one attached hydrogen (secondary N) is 2. The average Bonchev–Trinajstić information content (AvgIpc) is 3.53. The van der Waals surface area contributed by atoms with Gasteiger partial charge in [0.25, 0.3) is 0 Å². The summed E-state index contributed by atoms with van der Waals surface area (Å²) in [5, 5.41) is 30.0. The molecule has 57 heavy (non-hydrogen) atoms. The van der Waals surface area contributed by atoms with Crippen LogP contribution in [0.15, 0.2) is 0 Å². The number of rotatable bonds is 15. The van der Waals surface area contributed by atoms with Crippen LogP contribution in [0.2, 0.25) is 0 Å². The second-order valence-electron chi connectivity index (χ2n) is 20.9. The predicted molar refractivity (Wildman–Crippen MR) is 221 cm³/mol. The van der Waals surface area contributed by atoms with Crippen molar-refractivity contribution in [2.75, 3.05) is 55.0 Å². The molecule has 0 spiro atoms. The Hall–Kier alpha value is -1.41. The number of hydrogen-bond donors (Lipinski definition) is 4. The standard InChI is InChI=1S/C45H80FN5O6/c1-26-37-20-32(45(37,3)4)21-38(26)48-44(55)41-40(27(2)53)39(25-52)57-51(41)23-31-17-33(46)22-36(42(31)56-9)29-16-30(19-35(18-29)50(7)8)43(54)47-34(24-49(5)6)15-28-13-11-10-12-14-28/h26-42,52-53H,10-25H2,1-9H3,(H,47,54)(H,48,55)/t26-,27-,29?,30?,31?,32+,33?,34-,35?,36?,37-,38-,39-,40+,41-,42?/m0/s1. The third kappa shape index (κ3) is 10.0. The Morgan fingerprint density at radius 3 is 2.32 bits per heavy atom. The molecule has 0 aromatic rings. The van der Waals surface area contributed by atoms with E-state index in [2.05, 4.69) is 69.4 Å². The van der Waals surface area contributed by atoms with Crippen LogP contribution in [0.3, 0.4) is 0 Å². The molecule has 6 saturated carbocycles. The molecule has 7 aliphatic rings. The number of ether oxygens (including phenoxy) is 1. The number of carbonyl (C=O) groups excluding carboxylic acids is 2. The van der Waals surface area contributed by atoms with Crippen LogP contribution in [0.1, 0.15) is 111 Å². The lowest BCUT2D eigenvalue weighted by Gasteiger charge is -2.62. The van der Waals surface area contributed by atoms with Gasteiger partial charge in [0.2, 0.25) is 11.8 Å². The van der Waals surface area contributed by atoms with Gasteiger partial charge in [-0.1, -0.05) is 52.9 Å². The van der Waals surface area contributed by atoms with E-state index in [9.17, 15) is 19.8 Å². The number of alkyl halides is 1. The maximum Gasteiger partial charge on any atom is 0.240 e. The van der Waals surface area contributed by atoms with Crippen molar-refractivity contribution < 1.29 is 33.8 Å². The predicted octanol–water partition coefficient (Wildman–Crippen LogP) is 4.89. The van der Waals surface area contributed by atoms with Gasteiger partial charge in [0, 0.05) is 56.1 Å². The molecule has 2 amide bonds. The Bertz CT molecular complexity index is 1330. The highest BCUT2D eigenvalue weighted by atomic mass is 19.1. The lowest BCUT2D eigenvalue weighted by molar-refractivity contribution is -0.195. The van der Waals surface area contributed by atoms with Crippen molar-refractivity contribution in [2.24, 2.45) is 58.7 Å². The second-order valence-corrected chi connectivity index (χ2v) is 20.9. The van der Waals surface area contributed by atoms with Crippen LogP contribution in [0.25, 0.3) is 0 Å². The molecule has 12 heteroatoms. The number of halogens is 1. The van der Waals surface area contributed by atoms with Gasteiger partial charge in [-0.2, -0.15) is 5.06 Å². The first-order valence-corrected chi connectivity index (χ1v) is 22.8. The van der Waals surface area contributed by atoms with Crippen molar-refractivity contribution in [3.8, 4) is 0 Å². The van der Waals surface area contributed by atoms with Gasteiger partial charge in [0.05, 0.1) is 18.8 Å². The van der Waals surface area contributed by atoms with E-state index >= 15 is 4.39 Å². The van der Waals surface area contributed by atoms with Crippen molar-refractivity contribution in [2.45, 2.75) is 160 Å². The van der Waals surface area contributed by atoms with Gasteiger partial charge in [-0.3, -0.25) is 14.4 Å². The summed E-state index contributed by atoms with van der Waals surface area (Å²) < 4.78 is 22.5. The number of likely N-dealkylation sites (N-methyl/N-ethyl adjacent to an activating group) is 1. The summed E-state index contributed by atoms with van der Waals surface area (Å²) in [6, 6.07) is -0.507. The molecule has 0 aromatic carbocycles. The number of aliphatic hydroxyl groups is 2. The number of amides is 2. The monoisotopic (exact) mass is 806 g/mol. The zero-order valence-electron chi connectivity index (χ0n) is 36.9. The van der Waals surface area contributed by atoms with Crippen molar-refractivity contribution in [1.29, 1.82) is 0 Å². The SMILES string of the molecule is COC1C(CN2O[C@@H](CO)[C@@H]([C@H](C)O)[C@H]2C(=O)N[C@H]2C[C@H]3C[C@@H]([C@@H]2C)C3(C)C)CC(F)CC1C1CC(C(=O)N[C@@H](CC2CCCCC2)CN(C)C)CC(N(C)C)C1. The molecular weight excluding hydrogens is 726 g/mol. The second kappa shape index (κ2) is 19.1. The summed E-state index contributed by atoms with van der Waals surface area (Å²) in [5.74, 6) is 0.891. The van der Waals surface area contributed by atoms with E-state index in [0.29, 0.717) is 36.5 Å². The van der Waals surface area contributed by atoms with Gasteiger partial charge in [-0.25, -0.2) is 4.39 Å². The fraction of sp³-hybridized carbons (Fsp3) is 0.956. The van der Waals surface area contributed by atoms with Crippen LogP contribution in [0, 0.1) is 58.7 Å². The fourth-order valence-electron chi connectivity index (χ4n) is 13.2. The van der Waals surface area contributed by atoms with Crippen molar-refractivity contribution in [1.82, 2.24) is 25.5 Å². The highest BCUT2D eigenvalue weighted by Gasteiger charge is 2.58. The Labute approximate surface area is 343 Å². The smallest absolute Gasteiger partial charge is 0.240 e. The quantitative estimate of drug-likeness (QED) is 0.183. The molecule has 4 N–H and O–H groups in total. The Kier molecular flexibility index (Phi) is 15.1. The maximum atomic E-state index is 16.1. The average molecular weight is 806 g/mol. The van der Waals surface area contributed by atoms with Gasteiger partial charge < -0.3 is 35.4 Å². The van der Waals surface area contributed by atoms with Gasteiger partial charge in [0.15, 0.2) is 0 Å². The molecule has 7 fully saturated rings. The molecule has 0 aromatic heterocycles. The molecule has 0 radical (unpaired) electrons.